The maximum atomic E-state index is 13.0. The quantitative estimate of drug-likeness (QED) is 0.616. The smallest absolute Gasteiger partial charge is 0.323 e. The van der Waals surface area contributed by atoms with E-state index in [9.17, 15) is 8.78 Å². The number of fused-ring (bicyclic) bond motifs is 2. The zero-order valence-electron chi connectivity index (χ0n) is 6.69. The monoisotopic (exact) mass is 196 g/mol. The van der Waals surface area contributed by atoms with Crippen LogP contribution in [0.15, 0.2) is 0 Å². The molecule has 3 fully saturated rings. The van der Waals surface area contributed by atoms with Crippen LogP contribution in [0, 0.1) is 5.92 Å². The highest BCUT2D eigenvalue weighted by Crippen LogP contribution is 2.48. The molecule has 0 amide bonds. The molecule has 0 aromatic carbocycles. The molecule has 3 aliphatic rings. The number of aliphatic hydroxyl groups excluding tert-OH is 2. The Morgan fingerprint density at radius 1 is 1.15 bits per heavy atom. The molecule has 3 saturated heterocycles. The lowest BCUT2D eigenvalue weighted by Gasteiger charge is -2.54. The third-order valence-corrected chi connectivity index (χ3v) is 2.52. The van der Waals surface area contributed by atoms with Crippen molar-refractivity contribution >= 4 is 0 Å². The normalized spacial score (nSPS) is 47.1. The first-order valence-corrected chi connectivity index (χ1v) is 4.01. The fourth-order valence-electron chi connectivity index (χ4n) is 1.73. The molecule has 0 aliphatic carbocycles. The second-order valence-corrected chi connectivity index (χ2v) is 3.27. The minimum Gasteiger partial charge on any atom is -0.396 e. The lowest BCUT2D eigenvalue weighted by molar-refractivity contribution is -0.460. The predicted octanol–water partition coefficient (Wildman–Crippen LogP) is -0.654. The summed E-state index contributed by atoms with van der Waals surface area (Å²) in [6, 6.07) is 0. The molecule has 3 heterocycles. The zero-order valence-corrected chi connectivity index (χ0v) is 6.69. The number of aliphatic hydroxyl groups is 2. The van der Waals surface area contributed by atoms with Crippen LogP contribution in [0.25, 0.3) is 0 Å². The summed E-state index contributed by atoms with van der Waals surface area (Å²) in [4.78, 5) is 0. The summed E-state index contributed by atoms with van der Waals surface area (Å²) in [5, 5.41) is 17.6. The van der Waals surface area contributed by atoms with Gasteiger partial charge in [-0.3, -0.25) is 0 Å². The molecule has 4 nitrogen and oxygen atoms in total. The van der Waals surface area contributed by atoms with Crippen molar-refractivity contribution in [1.29, 1.82) is 0 Å². The molecular formula is C7H10F2O4. The second kappa shape index (κ2) is 2.84. The van der Waals surface area contributed by atoms with Crippen molar-refractivity contribution in [1.82, 2.24) is 0 Å². The Hall–Kier alpha value is -0.300. The summed E-state index contributed by atoms with van der Waals surface area (Å²) in [7, 11) is 0. The maximum Gasteiger partial charge on any atom is 0.323 e. The average molecular weight is 196 g/mol. The maximum absolute atomic E-state index is 13.0. The summed E-state index contributed by atoms with van der Waals surface area (Å²) < 4.78 is 35.3. The van der Waals surface area contributed by atoms with Gasteiger partial charge in [0.15, 0.2) is 0 Å². The van der Waals surface area contributed by atoms with E-state index in [0.29, 0.717) is 0 Å². The largest absolute Gasteiger partial charge is 0.396 e. The second-order valence-electron chi connectivity index (χ2n) is 3.27. The van der Waals surface area contributed by atoms with Gasteiger partial charge in [0.25, 0.3) is 0 Å². The predicted molar refractivity (Wildman–Crippen MR) is 36.1 cm³/mol. The van der Waals surface area contributed by atoms with Crippen LogP contribution in [-0.4, -0.2) is 47.8 Å². The Bertz CT molecular complexity index is 211. The first kappa shape index (κ1) is 9.26. The van der Waals surface area contributed by atoms with Crippen molar-refractivity contribution in [3.05, 3.63) is 0 Å². The van der Waals surface area contributed by atoms with Crippen molar-refractivity contribution in [2.45, 2.75) is 24.4 Å². The minimum absolute atomic E-state index is 0.377. The van der Waals surface area contributed by atoms with E-state index in [1.54, 1.807) is 0 Å². The van der Waals surface area contributed by atoms with Gasteiger partial charge in [-0.1, -0.05) is 0 Å². The lowest BCUT2D eigenvalue weighted by atomic mass is 9.85. The van der Waals surface area contributed by atoms with Crippen molar-refractivity contribution in [3.8, 4) is 0 Å². The number of rotatable bonds is 2. The number of ether oxygens (including phenoxy) is 2. The van der Waals surface area contributed by atoms with E-state index in [4.69, 9.17) is 14.9 Å². The molecule has 0 saturated carbocycles. The zero-order chi connectivity index (χ0) is 9.64. The molecule has 2 bridgehead atoms. The Balaban J connectivity index is 2.13. The van der Waals surface area contributed by atoms with Gasteiger partial charge in [0.05, 0.1) is 19.3 Å². The summed E-state index contributed by atoms with van der Waals surface area (Å²) in [6.07, 6.45) is -3.60. The molecule has 0 aromatic rings. The molecule has 0 radical (unpaired) electrons. The van der Waals surface area contributed by atoms with Crippen molar-refractivity contribution in [2.24, 2.45) is 5.92 Å². The minimum atomic E-state index is -3.03. The van der Waals surface area contributed by atoms with Crippen LogP contribution in [0.1, 0.15) is 0 Å². The molecule has 76 valence electrons. The van der Waals surface area contributed by atoms with Crippen LogP contribution in [0.4, 0.5) is 8.78 Å². The van der Waals surface area contributed by atoms with Gasteiger partial charge in [-0.2, -0.15) is 8.78 Å². The van der Waals surface area contributed by atoms with Gasteiger partial charge in [-0.05, 0) is 0 Å². The number of hydrogen-bond acceptors (Lipinski definition) is 4. The van der Waals surface area contributed by atoms with Crippen LogP contribution < -0.4 is 0 Å². The summed E-state index contributed by atoms with van der Waals surface area (Å²) in [5.74, 6) is -3.87. The van der Waals surface area contributed by atoms with Crippen molar-refractivity contribution < 1.29 is 28.5 Å². The van der Waals surface area contributed by atoms with E-state index in [1.807, 2.05) is 0 Å². The van der Waals surface area contributed by atoms with E-state index in [-0.39, 0.29) is 6.61 Å². The average Bonchev–Trinajstić information content (AvgIpc) is 2.16. The topological polar surface area (TPSA) is 58.9 Å². The lowest BCUT2D eigenvalue weighted by Crippen LogP contribution is -2.72. The highest BCUT2D eigenvalue weighted by molar-refractivity contribution is 5.02. The van der Waals surface area contributed by atoms with Crippen LogP contribution in [0.5, 0.6) is 0 Å². The van der Waals surface area contributed by atoms with Gasteiger partial charge in [-0.25, -0.2) is 0 Å². The van der Waals surface area contributed by atoms with Crippen molar-refractivity contribution in [2.75, 3.05) is 13.2 Å². The van der Waals surface area contributed by atoms with E-state index in [2.05, 4.69) is 4.74 Å². The molecule has 3 aliphatic heterocycles. The first-order chi connectivity index (χ1) is 6.11. The van der Waals surface area contributed by atoms with E-state index in [0.717, 1.165) is 0 Å². The van der Waals surface area contributed by atoms with Gasteiger partial charge in [0.2, 0.25) is 6.29 Å². The van der Waals surface area contributed by atoms with Gasteiger partial charge in [0, 0.05) is 5.92 Å². The standard InChI is InChI=1S/C7H10F2O4/c8-7(9)5-3(1-10)4(2-11)12-6(7)13-5/h3-6,10-11H,1-2H2/t3?,4-,5-,6-/m1/s1. The fraction of sp³-hybridized carbons (Fsp3) is 1.00. The Kier molecular flexibility index (Phi) is 2.03. The Labute approximate surface area is 73.1 Å². The highest BCUT2D eigenvalue weighted by atomic mass is 19.3. The van der Waals surface area contributed by atoms with Gasteiger partial charge in [-0.15, -0.1) is 0 Å². The number of hydrogen-bond donors (Lipinski definition) is 2. The van der Waals surface area contributed by atoms with Gasteiger partial charge in [0.1, 0.15) is 6.10 Å². The first-order valence-electron chi connectivity index (χ1n) is 4.01. The van der Waals surface area contributed by atoms with Crippen molar-refractivity contribution in [3.63, 3.8) is 0 Å². The highest BCUT2D eigenvalue weighted by Gasteiger charge is 2.68. The molecule has 3 rings (SSSR count). The summed E-state index contributed by atoms with van der Waals surface area (Å²) >= 11 is 0. The van der Waals surface area contributed by atoms with Gasteiger partial charge >= 0.3 is 5.92 Å². The van der Waals surface area contributed by atoms with Crippen LogP contribution in [0.3, 0.4) is 0 Å². The van der Waals surface area contributed by atoms with E-state index < -0.39 is 36.9 Å². The fourth-order valence-corrected chi connectivity index (χ4v) is 1.73. The Morgan fingerprint density at radius 2 is 1.85 bits per heavy atom. The molecule has 2 N–H and O–H groups in total. The molecular weight excluding hydrogens is 186 g/mol. The molecule has 13 heavy (non-hydrogen) atoms. The third kappa shape index (κ3) is 1.10. The molecule has 6 heteroatoms. The SMILES string of the molecule is OCC1[C@H]2O[C@@H](O[C@@H]1CO)C2(F)F. The van der Waals surface area contributed by atoms with Gasteiger partial charge < -0.3 is 19.7 Å². The number of alkyl halides is 2. The van der Waals surface area contributed by atoms with Crippen LogP contribution in [-0.2, 0) is 9.47 Å². The molecule has 4 atom stereocenters. The Morgan fingerprint density at radius 3 is 2.31 bits per heavy atom. The molecule has 0 aromatic heterocycles. The summed E-state index contributed by atoms with van der Waals surface area (Å²) in [6.45, 7) is -0.851. The molecule has 0 spiro atoms. The van der Waals surface area contributed by atoms with E-state index >= 15 is 0 Å². The van der Waals surface area contributed by atoms with E-state index in [1.165, 1.54) is 0 Å². The number of halogens is 2. The summed E-state index contributed by atoms with van der Waals surface area (Å²) in [5.41, 5.74) is 0. The molecule has 1 unspecified atom stereocenters. The van der Waals surface area contributed by atoms with Crippen LogP contribution >= 0.6 is 0 Å². The van der Waals surface area contributed by atoms with Crippen LogP contribution in [0.2, 0.25) is 0 Å². The third-order valence-electron chi connectivity index (χ3n) is 2.52.